The Hall–Kier alpha value is -1.39. The maximum atomic E-state index is 9.23. The van der Waals surface area contributed by atoms with Crippen molar-refractivity contribution in [3.63, 3.8) is 0 Å². The molecule has 0 saturated heterocycles. The average molecular weight is 234 g/mol. The molecule has 84 valence electrons. The van der Waals surface area contributed by atoms with E-state index in [0.717, 1.165) is 17.8 Å². The van der Waals surface area contributed by atoms with Gasteiger partial charge in [-0.25, -0.2) is 0 Å². The van der Waals surface area contributed by atoms with E-state index in [1.165, 1.54) is 4.88 Å². The number of hydrogen-bond acceptors (Lipinski definition) is 4. The minimum absolute atomic E-state index is 0.0257. The molecule has 0 saturated carbocycles. The van der Waals surface area contributed by atoms with Gasteiger partial charge >= 0.3 is 0 Å². The Bertz CT molecular complexity index is 442. The summed E-state index contributed by atoms with van der Waals surface area (Å²) in [7, 11) is 2.02. The molecule has 0 aliphatic carbocycles. The monoisotopic (exact) mass is 234 g/mol. The zero-order chi connectivity index (χ0) is 11.4. The molecule has 4 heteroatoms. The summed E-state index contributed by atoms with van der Waals surface area (Å²) in [6, 6.07) is 6.09. The molecule has 0 bridgehead atoms. The van der Waals surface area contributed by atoms with Crippen molar-refractivity contribution in [2.24, 2.45) is 0 Å². The van der Waals surface area contributed by atoms with Gasteiger partial charge in [0, 0.05) is 35.6 Å². The molecule has 0 spiro atoms. The summed E-state index contributed by atoms with van der Waals surface area (Å²) in [5.74, 6) is 0. The molecule has 3 nitrogen and oxygen atoms in total. The lowest BCUT2D eigenvalue weighted by molar-refractivity contribution is 0.281. The predicted octanol–water partition coefficient (Wildman–Crippen LogP) is 2.27. The van der Waals surface area contributed by atoms with Gasteiger partial charge in [0.05, 0.1) is 13.2 Å². The molecule has 0 aliphatic rings. The van der Waals surface area contributed by atoms with Gasteiger partial charge < -0.3 is 10.0 Å². The molecule has 0 fully saturated rings. The van der Waals surface area contributed by atoms with Crippen LogP contribution in [0.15, 0.2) is 36.0 Å². The quantitative estimate of drug-likeness (QED) is 0.881. The summed E-state index contributed by atoms with van der Waals surface area (Å²) in [5.41, 5.74) is 1.90. The van der Waals surface area contributed by atoms with Crippen LogP contribution >= 0.6 is 11.3 Å². The van der Waals surface area contributed by atoms with Gasteiger partial charge in [0.25, 0.3) is 0 Å². The Morgan fingerprint density at radius 2 is 2.31 bits per heavy atom. The third-order valence-corrected chi connectivity index (χ3v) is 3.29. The van der Waals surface area contributed by atoms with Crippen LogP contribution in [0.1, 0.15) is 10.4 Å². The highest BCUT2D eigenvalue weighted by atomic mass is 32.1. The molecule has 2 rings (SSSR count). The second-order valence-electron chi connectivity index (χ2n) is 3.60. The Morgan fingerprint density at radius 1 is 1.44 bits per heavy atom. The minimum atomic E-state index is 0.0257. The van der Waals surface area contributed by atoms with Crippen LogP contribution in [0.5, 0.6) is 0 Å². The SMILES string of the molecule is CN(Cc1cccs1)c1ccncc1CO. The molecular formula is C12H14N2OS. The first-order valence-electron chi connectivity index (χ1n) is 5.08. The molecule has 0 aliphatic heterocycles. The zero-order valence-corrected chi connectivity index (χ0v) is 9.94. The van der Waals surface area contributed by atoms with Gasteiger partial charge in [0.2, 0.25) is 0 Å². The highest BCUT2D eigenvalue weighted by Gasteiger charge is 2.07. The number of aliphatic hydroxyl groups is 1. The van der Waals surface area contributed by atoms with Crippen molar-refractivity contribution in [3.8, 4) is 0 Å². The summed E-state index contributed by atoms with van der Waals surface area (Å²) >= 11 is 1.74. The van der Waals surface area contributed by atoms with Gasteiger partial charge in [-0.1, -0.05) is 6.07 Å². The molecule has 2 aromatic heterocycles. The highest BCUT2D eigenvalue weighted by molar-refractivity contribution is 7.09. The van der Waals surface area contributed by atoms with E-state index in [1.54, 1.807) is 23.7 Å². The van der Waals surface area contributed by atoms with Crippen LogP contribution in [-0.4, -0.2) is 17.1 Å². The maximum absolute atomic E-state index is 9.23. The third-order valence-electron chi connectivity index (χ3n) is 2.43. The van der Waals surface area contributed by atoms with Gasteiger partial charge in [-0.15, -0.1) is 11.3 Å². The van der Waals surface area contributed by atoms with Gasteiger partial charge in [-0.3, -0.25) is 4.98 Å². The van der Waals surface area contributed by atoms with Gasteiger partial charge in [0.1, 0.15) is 0 Å². The number of nitrogens with zero attached hydrogens (tertiary/aromatic N) is 2. The number of thiophene rings is 1. The molecular weight excluding hydrogens is 220 g/mol. The van der Waals surface area contributed by atoms with E-state index in [9.17, 15) is 5.11 Å². The number of rotatable bonds is 4. The summed E-state index contributed by atoms with van der Waals surface area (Å²) in [5, 5.41) is 11.3. The van der Waals surface area contributed by atoms with Crippen LogP contribution < -0.4 is 4.90 Å². The third kappa shape index (κ3) is 2.40. The summed E-state index contributed by atoms with van der Waals surface area (Å²) in [4.78, 5) is 7.44. The number of anilines is 1. The van der Waals surface area contributed by atoms with Crippen molar-refractivity contribution in [3.05, 3.63) is 46.4 Å². The fraction of sp³-hybridized carbons (Fsp3) is 0.250. The first-order chi connectivity index (χ1) is 7.81. The van der Waals surface area contributed by atoms with E-state index in [4.69, 9.17) is 0 Å². The first-order valence-corrected chi connectivity index (χ1v) is 5.96. The van der Waals surface area contributed by atoms with Gasteiger partial charge in [-0.05, 0) is 17.5 Å². The molecule has 0 aromatic carbocycles. The number of hydrogen-bond donors (Lipinski definition) is 1. The van der Waals surface area contributed by atoms with Crippen molar-refractivity contribution in [2.45, 2.75) is 13.2 Å². The van der Waals surface area contributed by atoms with Crippen molar-refractivity contribution in [1.29, 1.82) is 0 Å². The fourth-order valence-electron chi connectivity index (χ4n) is 1.64. The van der Waals surface area contributed by atoms with E-state index < -0.39 is 0 Å². The lowest BCUT2D eigenvalue weighted by atomic mass is 10.2. The predicted molar refractivity (Wildman–Crippen MR) is 66.6 cm³/mol. The van der Waals surface area contributed by atoms with E-state index >= 15 is 0 Å². The Kier molecular flexibility index (Phi) is 3.54. The second-order valence-corrected chi connectivity index (χ2v) is 4.63. The van der Waals surface area contributed by atoms with E-state index in [2.05, 4.69) is 21.3 Å². The van der Waals surface area contributed by atoms with Crippen molar-refractivity contribution in [2.75, 3.05) is 11.9 Å². The average Bonchev–Trinajstić information content (AvgIpc) is 2.81. The molecule has 16 heavy (non-hydrogen) atoms. The number of aliphatic hydroxyl groups excluding tert-OH is 1. The highest BCUT2D eigenvalue weighted by Crippen LogP contribution is 2.21. The summed E-state index contributed by atoms with van der Waals surface area (Å²) in [6.07, 6.45) is 3.46. The minimum Gasteiger partial charge on any atom is -0.392 e. The maximum Gasteiger partial charge on any atom is 0.0717 e. The molecule has 0 amide bonds. The Labute approximate surface area is 99.0 Å². The normalized spacial score (nSPS) is 10.4. The smallest absolute Gasteiger partial charge is 0.0717 e. The van der Waals surface area contributed by atoms with Crippen LogP contribution in [0.25, 0.3) is 0 Å². The molecule has 0 radical (unpaired) electrons. The van der Waals surface area contributed by atoms with Crippen LogP contribution in [-0.2, 0) is 13.2 Å². The standard InChI is InChI=1S/C12H14N2OS/c1-14(8-11-3-2-6-16-11)12-4-5-13-7-10(12)9-15/h2-7,15H,8-9H2,1H3. The van der Waals surface area contributed by atoms with E-state index in [0.29, 0.717) is 0 Å². The van der Waals surface area contributed by atoms with Crippen LogP contribution in [0, 0.1) is 0 Å². The number of aromatic nitrogens is 1. The largest absolute Gasteiger partial charge is 0.392 e. The molecule has 2 heterocycles. The van der Waals surface area contributed by atoms with Crippen molar-refractivity contribution >= 4 is 17.0 Å². The lowest BCUT2D eigenvalue weighted by Gasteiger charge is -2.20. The molecule has 2 aromatic rings. The summed E-state index contributed by atoms with van der Waals surface area (Å²) in [6.45, 7) is 0.882. The van der Waals surface area contributed by atoms with Crippen LogP contribution in [0.3, 0.4) is 0 Å². The lowest BCUT2D eigenvalue weighted by Crippen LogP contribution is -2.17. The van der Waals surface area contributed by atoms with Crippen LogP contribution in [0.4, 0.5) is 5.69 Å². The molecule has 0 atom stereocenters. The van der Waals surface area contributed by atoms with E-state index in [1.807, 2.05) is 19.2 Å². The number of pyridine rings is 1. The molecule has 0 unspecified atom stereocenters. The second kappa shape index (κ2) is 5.09. The fourth-order valence-corrected chi connectivity index (χ4v) is 2.39. The van der Waals surface area contributed by atoms with Gasteiger partial charge in [-0.2, -0.15) is 0 Å². The zero-order valence-electron chi connectivity index (χ0n) is 9.13. The Morgan fingerprint density at radius 3 is 3.00 bits per heavy atom. The summed E-state index contributed by atoms with van der Waals surface area (Å²) < 4.78 is 0. The van der Waals surface area contributed by atoms with Crippen molar-refractivity contribution < 1.29 is 5.11 Å². The Balaban J connectivity index is 2.17. The first kappa shape index (κ1) is 11.1. The van der Waals surface area contributed by atoms with Crippen molar-refractivity contribution in [1.82, 2.24) is 4.98 Å². The molecule has 1 N–H and O–H groups in total. The van der Waals surface area contributed by atoms with E-state index in [-0.39, 0.29) is 6.61 Å². The van der Waals surface area contributed by atoms with Crippen LogP contribution in [0.2, 0.25) is 0 Å². The topological polar surface area (TPSA) is 36.4 Å². The van der Waals surface area contributed by atoms with Gasteiger partial charge in [0.15, 0.2) is 0 Å².